The molecule has 0 atom stereocenters. The maximum absolute atomic E-state index is 12.6. The van der Waals surface area contributed by atoms with E-state index in [1.165, 1.54) is 37.4 Å². The molecule has 4 nitrogen and oxygen atoms in total. The minimum atomic E-state index is 0.135. The van der Waals surface area contributed by atoms with Crippen LogP contribution in [0.2, 0.25) is 0 Å². The highest BCUT2D eigenvalue weighted by molar-refractivity contribution is 7.99. The summed E-state index contributed by atoms with van der Waals surface area (Å²) in [5.74, 6) is 1.99. The summed E-state index contributed by atoms with van der Waals surface area (Å²) in [4.78, 5) is 17.4. The Bertz CT molecular complexity index is 948. The van der Waals surface area contributed by atoms with E-state index < -0.39 is 0 Å². The molecule has 1 heterocycles. The standard InChI is InChI=1S/C22H23N3OS/c26-20(24-21(15-10-11-15)16-12-13-16)14-27-22-23-18-8-4-5-9-19(18)25(22)17-6-2-1-3-7-17/h1-9,15-16,21H,10-14H2,(H,24,26). The van der Waals surface area contributed by atoms with E-state index >= 15 is 0 Å². The Kier molecular flexibility index (Phi) is 4.40. The molecule has 0 spiro atoms. The lowest BCUT2D eigenvalue weighted by Gasteiger charge is -2.17. The average molecular weight is 378 g/mol. The molecule has 2 aliphatic carbocycles. The average Bonchev–Trinajstić information content (AvgIpc) is 3.61. The number of amides is 1. The summed E-state index contributed by atoms with van der Waals surface area (Å²) in [6.07, 6.45) is 5.10. The first-order valence-corrected chi connectivity index (χ1v) is 10.7. The molecule has 1 N–H and O–H groups in total. The molecule has 2 fully saturated rings. The first-order valence-electron chi connectivity index (χ1n) is 9.74. The predicted octanol–water partition coefficient (Wildman–Crippen LogP) is 4.42. The highest BCUT2D eigenvalue weighted by Gasteiger charge is 2.42. The number of benzene rings is 2. The topological polar surface area (TPSA) is 46.9 Å². The third-order valence-corrected chi connectivity index (χ3v) is 6.40. The molecule has 138 valence electrons. The van der Waals surface area contributed by atoms with Crippen molar-refractivity contribution in [2.24, 2.45) is 11.8 Å². The molecule has 0 aliphatic heterocycles. The van der Waals surface area contributed by atoms with Gasteiger partial charge in [-0.15, -0.1) is 0 Å². The second-order valence-electron chi connectivity index (χ2n) is 7.61. The normalized spacial score (nSPS) is 16.8. The Morgan fingerprint density at radius 3 is 2.41 bits per heavy atom. The van der Waals surface area contributed by atoms with Gasteiger partial charge in [0, 0.05) is 11.7 Å². The van der Waals surface area contributed by atoms with E-state index in [-0.39, 0.29) is 5.91 Å². The van der Waals surface area contributed by atoms with Gasteiger partial charge in [-0.1, -0.05) is 42.1 Å². The van der Waals surface area contributed by atoms with Gasteiger partial charge in [0.05, 0.1) is 16.8 Å². The fraction of sp³-hybridized carbons (Fsp3) is 0.364. The van der Waals surface area contributed by atoms with Crippen LogP contribution >= 0.6 is 11.8 Å². The third-order valence-electron chi connectivity index (χ3n) is 5.46. The summed E-state index contributed by atoms with van der Waals surface area (Å²) < 4.78 is 2.15. The fourth-order valence-corrected chi connectivity index (χ4v) is 4.66. The van der Waals surface area contributed by atoms with Crippen LogP contribution in [0.1, 0.15) is 25.7 Å². The van der Waals surface area contributed by atoms with Gasteiger partial charge in [-0.05, 0) is 61.8 Å². The highest BCUT2D eigenvalue weighted by Crippen LogP contribution is 2.44. The van der Waals surface area contributed by atoms with Crippen molar-refractivity contribution in [1.29, 1.82) is 0 Å². The van der Waals surface area contributed by atoms with Crippen molar-refractivity contribution in [2.75, 3.05) is 5.75 Å². The maximum Gasteiger partial charge on any atom is 0.230 e. The first kappa shape index (κ1) is 16.9. The van der Waals surface area contributed by atoms with E-state index in [0.717, 1.165) is 33.7 Å². The maximum atomic E-state index is 12.6. The van der Waals surface area contributed by atoms with Gasteiger partial charge in [0.2, 0.25) is 5.91 Å². The van der Waals surface area contributed by atoms with Crippen LogP contribution in [0.4, 0.5) is 0 Å². The Balaban J connectivity index is 1.36. The number of aromatic nitrogens is 2. The number of hydrogen-bond donors (Lipinski definition) is 1. The van der Waals surface area contributed by atoms with Crippen molar-refractivity contribution in [3.8, 4) is 5.69 Å². The van der Waals surface area contributed by atoms with Crippen molar-refractivity contribution >= 4 is 28.7 Å². The number of carbonyl (C=O) groups is 1. The number of rotatable bonds is 7. The van der Waals surface area contributed by atoms with Crippen molar-refractivity contribution < 1.29 is 4.79 Å². The van der Waals surface area contributed by atoms with Crippen LogP contribution < -0.4 is 5.32 Å². The molecule has 1 amide bonds. The van der Waals surface area contributed by atoms with Crippen molar-refractivity contribution in [2.45, 2.75) is 36.9 Å². The van der Waals surface area contributed by atoms with Crippen LogP contribution in [0.15, 0.2) is 59.8 Å². The van der Waals surface area contributed by atoms with E-state index in [0.29, 0.717) is 11.8 Å². The zero-order valence-electron chi connectivity index (χ0n) is 15.2. The Labute approximate surface area is 163 Å². The largest absolute Gasteiger partial charge is 0.352 e. The summed E-state index contributed by atoms with van der Waals surface area (Å²) in [6.45, 7) is 0. The van der Waals surface area contributed by atoms with Crippen molar-refractivity contribution in [3.05, 3.63) is 54.6 Å². The highest BCUT2D eigenvalue weighted by atomic mass is 32.2. The molecule has 2 aromatic carbocycles. The summed E-state index contributed by atoms with van der Waals surface area (Å²) >= 11 is 1.52. The molecule has 0 unspecified atom stereocenters. The molecular formula is C22H23N3OS. The molecule has 5 rings (SSSR count). The summed E-state index contributed by atoms with van der Waals surface area (Å²) in [6, 6.07) is 18.8. The van der Waals surface area contributed by atoms with Gasteiger partial charge in [0.15, 0.2) is 5.16 Å². The Hall–Kier alpha value is -2.27. The van der Waals surface area contributed by atoms with E-state index in [9.17, 15) is 4.79 Å². The number of thioether (sulfide) groups is 1. The number of fused-ring (bicyclic) bond motifs is 1. The second-order valence-corrected chi connectivity index (χ2v) is 8.55. The summed E-state index contributed by atoms with van der Waals surface area (Å²) in [7, 11) is 0. The van der Waals surface area contributed by atoms with E-state index in [1.807, 2.05) is 36.4 Å². The summed E-state index contributed by atoms with van der Waals surface area (Å²) in [5.41, 5.74) is 3.10. The zero-order chi connectivity index (χ0) is 18.2. The second kappa shape index (κ2) is 7.04. The lowest BCUT2D eigenvalue weighted by Crippen LogP contribution is -2.39. The van der Waals surface area contributed by atoms with Crippen LogP contribution in [-0.4, -0.2) is 27.3 Å². The third kappa shape index (κ3) is 3.61. The van der Waals surface area contributed by atoms with Gasteiger partial charge < -0.3 is 5.32 Å². The Morgan fingerprint density at radius 1 is 1.04 bits per heavy atom. The molecule has 0 radical (unpaired) electrons. The van der Waals surface area contributed by atoms with Gasteiger partial charge in [-0.2, -0.15) is 0 Å². The fourth-order valence-electron chi connectivity index (χ4n) is 3.82. The van der Waals surface area contributed by atoms with Crippen LogP contribution in [0.25, 0.3) is 16.7 Å². The van der Waals surface area contributed by atoms with Gasteiger partial charge in [0.25, 0.3) is 0 Å². The van der Waals surface area contributed by atoms with Crippen LogP contribution in [-0.2, 0) is 4.79 Å². The first-order chi connectivity index (χ1) is 13.3. The van der Waals surface area contributed by atoms with Crippen LogP contribution in [0.3, 0.4) is 0 Å². The van der Waals surface area contributed by atoms with Gasteiger partial charge in [-0.25, -0.2) is 4.98 Å². The quantitative estimate of drug-likeness (QED) is 0.620. The molecule has 2 saturated carbocycles. The number of nitrogens with zero attached hydrogens (tertiary/aromatic N) is 2. The number of para-hydroxylation sites is 3. The minimum absolute atomic E-state index is 0.135. The predicted molar refractivity (Wildman–Crippen MR) is 109 cm³/mol. The van der Waals surface area contributed by atoms with E-state index in [4.69, 9.17) is 4.98 Å². The molecule has 0 saturated heterocycles. The number of carbonyl (C=O) groups excluding carboxylic acids is 1. The lowest BCUT2D eigenvalue weighted by atomic mass is 10.1. The molecule has 27 heavy (non-hydrogen) atoms. The number of hydrogen-bond acceptors (Lipinski definition) is 3. The van der Waals surface area contributed by atoms with Crippen LogP contribution in [0, 0.1) is 11.8 Å². The lowest BCUT2D eigenvalue weighted by molar-refractivity contribution is -0.119. The molecular weight excluding hydrogens is 354 g/mol. The smallest absolute Gasteiger partial charge is 0.230 e. The van der Waals surface area contributed by atoms with Gasteiger partial charge in [0.1, 0.15) is 0 Å². The number of imidazole rings is 1. The van der Waals surface area contributed by atoms with Crippen LogP contribution in [0.5, 0.6) is 0 Å². The number of nitrogens with one attached hydrogen (secondary N) is 1. The van der Waals surface area contributed by atoms with Gasteiger partial charge in [-0.3, -0.25) is 9.36 Å². The minimum Gasteiger partial charge on any atom is -0.352 e. The van der Waals surface area contributed by atoms with E-state index in [1.54, 1.807) is 0 Å². The van der Waals surface area contributed by atoms with Gasteiger partial charge >= 0.3 is 0 Å². The molecule has 0 bridgehead atoms. The SMILES string of the molecule is O=C(CSc1nc2ccccc2n1-c1ccccc1)NC(C1CC1)C1CC1. The monoisotopic (exact) mass is 377 g/mol. The zero-order valence-corrected chi connectivity index (χ0v) is 16.0. The molecule has 2 aliphatic rings. The van der Waals surface area contributed by atoms with E-state index in [2.05, 4.69) is 28.1 Å². The molecule has 3 aromatic rings. The van der Waals surface area contributed by atoms with Crippen molar-refractivity contribution in [3.63, 3.8) is 0 Å². The molecule has 1 aromatic heterocycles. The van der Waals surface area contributed by atoms with Crippen molar-refractivity contribution in [1.82, 2.24) is 14.9 Å². The Morgan fingerprint density at radius 2 is 1.70 bits per heavy atom. The molecule has 5 heteroatoms. The summed E-state index contributed by atoms with van der Waals surface area (Å²) in [5, 5.41) is 4.17.